The number of benzene rings is 1. The van der Waals surface area contributed by atoms with Crippen LogP contribution in [0.2, 0.25) is 0 Å². The van der Waals surface area contributed by atoms with Crippen molar-refractivity contribution in [1.29, 1.82) is 0 Å². The molecular weight excluding hydrogens is 346 g/mol. The molecule has 3 aromatic rings. The SMILES string of the molecule is Cc1cc(C)c2nonc2c1S(=O)(=O)N[C@@H](C)c1nc(C(C)C)no1. The molecule has 0 aliphatic rings. The van der Waals surface area contributed by atoms with Gasteiger partial charge >= 0.3 is 0 Å². The maximum absolute atomic E-state index is 12.9. The molecule has 25 heavy (non-hydrogen) atoms. The lowest BCUT2D eigenvalue weighted by atomic mass is 10.1. The van der Waals surface area contributed by atoms with Crippen LogP contribution in [0.1, 0.15) is 55.6 Å². The third-order valence-corrected chi connectivity index (χ3v) is 5.53. The molecule has 10 heteroatoms. The molecule has 0 radical (unpaired) electrons. The van der Waals surface area contributed by atoms with Crippen molar-refractivity contribution in [2.75, 3.05) is 0 Å². The van der Waals surface area contributed by atoms with Gasteiger partial charge in [0.25, 0.3) is 0 Å². The molecule has 0 saturated heterocycles. The minimum atomic E-state index is -3.90. The monoisotopic (exact) mass is 365 g/mol. The minimum absolute atomic E-state index is 0.0322. The molecule has 0 aliphatic heterocycles. The highest BCUT2D eigenvalue weighted by atomic mass is 32.2. The van der Waals surface area contributed by atoms with Crippen molar-refractivity contribution in [3.8, 4) is 0 Å². The summed E-state index contributed by atoms with van der Waals surface area (Å²) in [6.45, 7) is 9.00. The molecule has 0 fully saturated rings. The fourth-order valence-electron chi connectivity index (χ4n) is 2.58. The second-order valence-electron chi connectivity index (χ2n) is 6.29. The predicted octanol–water partition coefficient (Wildman–Crippen LogP) is 2.39. The number of aromatic nitrogens is 4. The highest BCUT2D eigenvalue weighted by Gasteiger charge is 2.28. The van der Waals surface area contributed by atoms with E-state index < -0.39 is 16.1 Å². The Morgan fingerprint density at radius 2 is 1.72 bits per heavy atom. The molecule has 0 bridgehead atoms. The summed E-state index contributed by atoms with van der Waals surface area (Å²) in [5.41, 5.74) is 1.96. The van der Waals surface area contributed by atoms with Crippen LogP contribution in [0.25, 0.3) is 11.0 Å². The van der Waals surface area contributed by atoms with Gasteiger partial charge in [0.15, 0.2) is 11.3 Å². The summed E-state index contributed by atoms with van der Waals surface area (Å²) in [5, 5.41) is 11.4. The Bertz CT molecular complexity index is 1020. The van der Waals surface area contributed by atoms with Gasteiger partial charge in [-0.1, -0.05) is 25.1 Å². The van der Waals surface area contributed by atoms with E-state index in [2.05, 4.69) is 25.2 Å². The summed E-state index contributed by atoms with van der Waals surface area (Å²) in [6, 6.07) is 1.04. The standard InChI is InChI=1S/C15H19N5O4S/c1-7(2)14-16-15(23-19-14)10(5)20-25(21,22)13-9(4)6-8(3)11-12(13)18-24-17-11/h6-7,10,20H,1-5H3/t10-/m0/s1. The molecule has 2 aromatic heterocycles. The van der Waals surface area contributed by atoms with E-state index in [1.165, 1.54) is 0 Å². The lowest BCUT2D eigenvalue weighted by Gasteiger charge is -2.13. The molecule has 0 saturated carbocycles. The summed E-state index contributed by atoms with van der Waals surface area (Å²) in [4.78, 5) is 4.26. The number of hydrogen-bond donors (Lipinski definition) is 1. The average molecular weight is 365 g/mol. The number of nitrogens with one attached hydrogen (secondary N) is 1. The summed E-state index contributed by atoms with van der Waals surface area (Å²) in [6.07, 6.45) is 0. The van der Waals surface area contributed by atoms with Crippen molar-refractivity contribution in [3.05, 3.63) is 28.9 Å². The zero-order valence-corrected chi connectivity index (χ0v) is 15.4. The predicted molar refractivity (Wildman–Crippen MR) is 88.4 cm³/mol. The zero-order chi connectivity index (χ0) is 18.4. The second-order valence-corrected chi connectivity index (χ2v) is 7.94. The molecule has 0 amide bonds. The highest BCUT2D eigenvalue weighted by molar-refractivity contribution is 7.89. The number of hydrogen-bond acceptors (Lipinski definition) is 8. The second kappa shape index (κ2) is 6.19. The first kappa shape index (κ1) is 17.5. The first-order valence-corrected chi connectivity index (χ1v) is 9.27. The van der Waals surface area contributed by atoms with Crippen LogP contribution < -0.4 is 4.72 Å². The number of rotatable bonds is 5. The molecule has 3 rings (SSSR count). The zero-order valence-electron chi connectivity index (χ0n) is 14.6. The minimum Gasteiger partial charge on any atom is -0.338 e. The third kappa shape index (κ3) is 3.14. The topological polar surface area (TPSA) is 124 Å². The van der Waals surface area contributed by atoms with E-state index in [-0.39, 0.29) is 22.2 Å². The van der Waals surface area contributed by atoms with Crippen molar-refractivity contribution in [2.24, 2.45) is 0 Å². The Balaban J connectivity index is 1.98. The Labute approximate surface area is 144 Å². The maximum atomic E-state index is 12.9. The van der Waals surface area contributed by atoms with Crippen LogP contribution in [0.15, 0.2) is 20.1 Å². The number of aryl methyl sites for hydroxylation is 2. The van der Waals surface area contributed by atoms with Gasteiger partial charge in [-0.25, -0.2) is 13.0 Å². The molecule has 1 aromatic carbocycles. The average Bonchev–Trinajstić information content (AvgIpc) is 3.15. The smallest absolute Gasteiger partial charge is 0.244 e. The number of nitrogens with zero attached hydrogens (tertiary/aromatic N) is 4. The molecule has 1 atom stereocenters. The van der Waals surface area contributed by atoms with E-state index in [1.807, 2.05) is 20.8 Å². The maximum Gasteiger partial charge on any atom is 0.244 e. The fourth-order valence-corrected chi connectivity index (χ4v) is 4.14. The fraction of sp³-hybridized carbons (Fsp3) is 0.467. The molecule has 0 aliphatic carbocycles. The van der Waals surface area contributed by atoms with Crippen molar-refractivity contribution in [3.63, 3.8) is 0 Å². The van der Waals surface area contributed by atoms with Gasteiger partial charge in [-0.2, -0.15) is 9.71 Å². The van der Waals surface area contributed by atoms with Gasteiger partial charge in [0.1, 0.15) is 10.4 Å². The van der Waals surface area contributed by atoms with E-state index in [0.29, 0.717) is 16.9 Å². The lowest BCUT2D eigenvalue weighted by molar-refractivity contribution is 0.315. The van der Waals surface area contributed by atoms with Crippen molar-refractivity contribution < 1.29 is 17.6 Å². The quantitative estimate of drug-likeness (QED) is 0.731. The number of sulfonamides is 1. The van der Waals surface area contributed by atoms with Gasteiger partial charge in [0.05, 0.1) is 6.04 Å². The Hall–Kier alpha value is -2.33. The van der Waals surface area contributed by atoms with Crippen LogP contribution in [0.4, 0.5) is 0 Å². The first-order valence-electron chi connectivity index (χ1n) is 7.79. The van der Waals surface area contributed by atoms with Crippen LogP contribution in [-0.2, 0) is 10.0 Å². The van der Waals surface area contributed by atoms with Crippen LogP contribution in [0.5, 0.6) is 0 Å². The summed E-state index contributed by atoms with van der Waals surface area (Å²) in [5.74, 6) is 0.809. The molecule has 9 nitrogen and oxygen atoms in total. The Morgan fingerprint density at radius 1 is 1.04 bits per heavy atom. The normalized spacial score (nSPS) is 13.7. The lowest BCUT2D eigenvalue weighted by Crippen LogP contribution is -2.28. The van der Waals surface area contributed by atoms with Crippen molar-refractivity contribution in [2.45, 2.75) is 51.5 Å². The van der Waals surface area contributed by atoms with Gasteiger partial charge < -0.3 is 4.52 Å². The van der Waals surface area contributed by atoms with Crippen molar-refractivity contribution >= 4 is 21.1 Å². The highest BCUT2D eigenvalue weighted by Crippen LogP contribution is 2.28. The van der Waals surface area contributed by atoms with Gasteiger partial charge in [0.2, 0.25) is 15.9 Å². The van der Waals surface area contributed by atoms with Gasteiger partial charge in [0, 0.05) is 5.92 Å². The van der Waals surface area contributed by atoms with Gasteiger partial charge in [-0.05, 0) is 42.2 Å². The molecule has 0 spiro atoms. The van der Waals surface area contributed by atoms with E-state index in [4.69, 9.17) is 9.15 Å². The van der Waals surface area contributed by atoms with E-state index in [0.717, 1.165) is 5.56 Å². The van der Waals surface area contributed by atoms with E-state index in [9.17, 15) is 8.42 Å². The van der Waals surface area contributed by atoms with Crippen LogP contribution >= 0.6 is 0 Å². The summed E-state index contributed by atoms with van der Waals surface area (Å²) < 4.78 is 38.2. The van der Waals surface area contributed by atoms with Crippen LogP contribution in [0, 0.1) is 13.8 Å². The Morgan fingerprint density at radius 3 is 2.36 bits per heavy atom. The van der Waals surface area contributed by atoms with Crippen LogP contribution in [-0.4, -0.2) is 28.9 Å². The molecule has 1 N–H and O–H groups in total. The largest absolute Gasteiger partial charge is 0.338 e. The Kier molecular flexibility index (Phi) is 4.33. The molecule has 0 unspecified atom stereocenters. The molecule has 2 heterocycles. The van der Waals surface area contributed by atoms with Crippen LogP contribution in [0.3, 0.4) is 0 Å². The van der Waals surface area contributed by atoms with Gasteiger partial charge in [-0.3, -0.25) is 0 Å². The summed E-state index contributed by atoms with van der Waals surface area (Å²) in [7, 11) is -3.90. The number of fused-ring (bicyclic) bond motifs is 1. The van der Waals surface area contributed by atoms with E-state index >= 15 is 0 Å². The van der Waals surface area contributed by atoms with Gasteiger partial charge in [-0.15, -0.1) is 0 Å². The first-order chi connectivity index (χ1) is 11.7. The van der Waals surface area contributed by atoms with E-state index in [1.54, 1.807) is 19.9 Å². The molecular formula is C15H19N5O4S. The third-order valence-electron chi connectivity index (χ3n) is 3.81. The van der Waals surface area contributed by atoms with Crippen molar-refractivity contribution in [1.82, 2.24) is 25.2 Å². The molecule has 134 valence electrons. The summed E-state index contributed by atoms with van der Waals surface area (Å²) >= 11 is 0.